The smallest absolute Gasteiger partial charge is 0.173 e. The standard InChI is InChI=1S/C24H48N6O8/c1-29-20-16(35-18-8-14(32)19(30-3-2-25)17(9-31)36-18)5-10-4-13(28)24(37-22(10)21(20)34)38-23-12(27)6-11(26)7-15(23)33/h10-24,29-34H,2-9,25-28H2,1H3. The van der Waals surface area contributed by atoms with Crippen molar-refractivity contribution in [3.63, 3.8) is 0 Å². The first-order valence-corrected chi connectivity index (χ1v) is 13.8. The van der Waals surface area contributed by atoms with Crippen LogP contribution in [-0.2, 0) is 18.9 Å². The van der Waals surface area contributed by atoms with Gasteiger partial charge in [-0.15, -0.1) is 0 Å². The summed E-state index contributed by atoms with van der Waals surface area (Å²) in [5.74, 6) is -0.117. The van der Waals surface area contributed by atoms with Crippen LogP contribution in [0.2, 0.25) is 0 Å². The van der Waals surface area contributed by atoms with E-state index in [4.69, 9.17) is 41.9 Å². The molecule has 38 heavy (non-hydrogen) atoms. The van der Waals surface area contributed by atoms with E-state index in [1.165, 1.54) is 0 Å². The highest BCUT2D eigenvalue weighted by Gasteiger charge is 2.52. The number of hydrogen-bond donors (Lipinski definition) is 10. The Morgan fingerprint density at radius 2 is 1.66 bits per heavy atom. The van der Waals surface area contributed by atoms with E-state index < -0.39 is 79.5 Å². The number of nitrogens with two attached hydrogens (primary N) is 4. The number of rotatable bonds is 9. The largest absolute Gasteiger partial charge is 0.394 e. The second-order valence-electron chi connectivity index (χ2n) is 11.3. The van der Waals surface area contributed by atoms with Crippen LogP contribution in [0.15, 0.2) is 0 Å². The Kier molecular flexibility index (Phi) is 10.7. The van der Waals surface area contributed by atoms with Gasteiger partial charge in [0.25, 0.3) is 0 Å². The zero-order valence-corrected chi connectivity index (χ0v) is 22.0. The number of nitrogens with one attached hydrogen (secondary N) is 2. The molecule has 2 saturated heterocycles. The van der Waals surface area contributed by atoms with Crippen LogP contribution in [0, 0.1) is 5.92 Å². The summed E-state index contributed by atoms with van der Waals surface area (Å²) < 4.78 is 24.5. The SMILES string of the molecule is CNC1C(OC2CC(O)C(NCCN)C(CO)O2)CC2CC(N)C(OC3C(N)CC(N)CC3O)OC2C1O. The van der Waals surface area contributed by atoms with Crippen molar-refractivity contribution in [3.05, 3.63) is 0 Å². The Morgan fingerprint density at radius 1 is 0.895 bits per heavy atom. The maximum Gasteiger partial charge on any atom is 0.173 e. The molecule has 15 atom stereocenters. The molecule has 2 heterocycles. The van der Waals surface area contributed by atoms with Crippen molar-refractivity contribution in [2.24, 2.45) is 28.9 Å². The van der Waals surface area contributed by atoms with Crippen molar-refractivity contribution < 1.29 is 39.4 Å². The zero-order valence-electron chi connectivity index (χ0n) is 22.0. The van der Waals surface area contributed by atoms with Gasteiger partial charge in [-0.25, -0.2) is 0 Å². The Hall–Kier alpha value is -0.560. The van der Waals surface area contributed by atoms with Crippen molar-refractivity contribution in [2.45, 2.75) is 118 Å². The van der Waals surface area contributed by atoms with Gasteiger partial charge in [0, 0.05) is 31.6 Å². The minimum absolute atomic E-state index is 0.117. The highest BCUT2D eigenvalue weighted by molar-refractivity contribution is 5.02. The van der Waals surface area contributed by atoms with Crippen molar-refractivity contribution in [1.82, 2.24) is 10.6 Å². The summed E-state index contributed by atoms with van der Waals surface area (Å²) >= 11 is 0. The van der Waals surface area contributed by atoms with Gasteiger partial charge in [0.2, 0.25) is 0 Å². The van der Waals surface area contributed by atoms with Crippen molar-refractivity contribution >= 4 is 0 Å². The average molecular weight is 549 g/mol. The highest BCUT2D eigenvalue weighted by Crippen LogP contribution is 2.39. The second kappa shape index (κ2) is 13.4. The molecule has 2 saturated carbocycles. The lowest BCUT2D eigenvalue weighted by Crippen LogP contribution is -2.66. The van der Waals surface area contributed by atoms with Gasteiger partial charge in [0.1, 0.15) is 12.2 Å². The van der Waals surface area contributed by atoms with E-state index in [0.717, 1.165) is 0 Å². The fraction of sp³-hybridized carbons (Fsp3) is 1.00. The normalized spacial score (nSPS) is 50.0. The number of fused-ring (bicyclic) bond motifs is 1. The molecule has 4 fully saturated rings. The quantitative estimate of drug-likeness (QED) is 0.130. The van der Waals surface area contributed by atoms with E-state index in [9.17, 15) is 20.4 Å². The van der Waals surface area contributed by atoms with Crippen molar-refractivity contribution in [3.8, 4) is 0 Å². The molecule has 2 aliphatic carbocycles. The predicted octanol–water partition coefficient (Wildman–Crippen LogP) is -4.64. The molecular weight excluding hydrogens is 500 g/mol. The van der Waals surface area contributed by atoms with Crippen LogP contribution in [0.1, 0.15) is 32.1 Å². The van der Waals surface area contributed by atoms with Crippen LogP contribution in [0.4, 0.5) is 0 Å². The lowest BCUT2D eigenvalue weighted by atomic mass is 9.75. The Bertz CT molecular complexity index is 730. The van der Waals surface area contributed by atoms with Crippen molar-refractivity contribution in [2.75, 3.05) is 26.7 Å². The lowest BCUT2D eigenvalue weighted by Gasteiger charge is -2.51. The van der Waals surface area contributed by atoms with Crippen LogP contribution in [0.3, 0.4) is 0 Å². The summed E-state index contributed by atoms with van der Waals surface area (Å²) in [6.45, 7) is 0.588. The van der Waals surface area contributed by atoms with Crippen LogP contribution in [0.5, 0.6) is 0 Å². The third-order valence-electron chi connectivity index (χ3n) is 8.47. The first-order chi connectivity index (χ1) is 18.2. The molecule has 0 aromatic rings. The van der Waals surface area contributed by atoms with Crippen LogP contribution < -0.4 is 33.6 Å². The minimum atomic E-state index is -0.943. The molecule has 15 unspecified atom stereocenters. The van der Waals surface area contributed by atoms with Crippen molar-refractivity contribution in [1.29, 1.82) is 0 Å². The summed E-state index contributed by atoms with van der Waals surface area (Å²) in [6, 6.07) is -2.08. The molecule has 0 aromatic heterocycles. The third kappa shape index (κ3) is 6.66. The summed E-state index contributed by atoms with van der Waals surface area (Å²) in [6.07, 6.45) is -4.34. The van der Waals surface area contributed by atoms with E-state index in [1.807, 2.05) is 0 Å². The molecule has 14 nitrogen and oxygen atoms in total. The molecule has 0 spiro atoms. The zero-order chi connectivity index (χ0) is 27.6. The van der Waals surface area contributed by atoms with E-state index in [2.05, 4.69) is 10.6 Å². The van der Waals surface area contributed by atoms with Gasteiger partial charge in [-0.05, 0) is 38.6 Å². The molecule has 0 aromatic carbocycles. The van der Waals surface area contributed by atoms with Crippen LogP contribution in [-0.4, -0.2) is 133 Å². The Morgan fingerprint density at radius 3 is 2.32 bits per heavy atom. The molecule has 0 bridgehead atoms. The Balaban J connectivity index is 1.38. The third-order valence-corrected chi connectivity index (χ3v) is 8.47. The molecule has 222 valence electrons. The molecule has 2 aliphatic heterocycles. The maximum atomic E-state index is 11.3. The first-order valence-electron chi connectivity index (χ1n) is 13.8. The van der Waals surface area contributed by atoms with E-state index in [-0.39, 0.29) is 25.0 Å². The predicted molar refractivity (Wildman–Crippen MR) is 136 cm³/mol. The minimum Gasteiger partial charge on any atom is -0.394 e. The van der Waals surface area contributed by atoms with E-state index in [1.54, 1.807) is 7.05 Å². The van der Waals surface area contributed by atoms with Gasteiger partial charge < -0.3 is 72.9 Å². The maximum absolute atomic E-state index is 11.3. The summed E-state index contributed by atoms with van der Waals surface area (Å²) in [4.78, 5) is 0. The van der Waals surface area contributed by atoms with Gasteiger partial charge in [0.05, 0.1) is 55.3 Å². The molecule has 14 N–H and O–H groups in total. The highest BCUT2D eigenvalue weighted by atomic mass is 16.7. The number of likely N-dealkylation sites (N-methyl/N-ethyl adjacent to an activating group) is 1. The average Bonchev–Trinajstić information content (AvgIpc) is 2.86. The first kappa shape index (κ1) is 30.4. The second-order valence-corrected chi connectivity index (χ2v) is 11.3. The lowest BCUT2D eigenvalue weighted by molar-refractivity contribution is -0.298. The van der Waals surface area contributed by atoms with E-state index in [0.29, 0.717) is 38.8 Å². The molecule has 14 heteroatoms. The molecule has 0 radical (unpaired) electrons. The van der Waals surface area contributed by atoms with Gasteiger partial charge in [-0.2, -0.15) is 0 Å². The Labute approximate surface area is 223 Å². The number of hydrogen-bond acceptors (Lipinski definition) is 14. The number of aliphatic hydroxyl groups is 4. The van der Waals surface area contributed by atoms with Gasteiger partial charge in [0.15, 0.2) is 12.6 Å². The number of aliphatic hydroxyl groups excluding tert-OH is 4. The fourth-order valence-corrected chi connectivity index (χ4v) is 6.59. The topological polar surface area (TPSA) is 246 Å². The van der Waals surface area contributed by atoms with Gasteiger partial charge in [-0.3, -0.25) is 0 Å². The summed E-state index contributed by atoms with van der Waals surface area (Å²) in [5.41, 5.74) is 24.2. The van der Waals surface area contributed by atoms with E-state index >= 15 is 0 Å². The molecule has 0 amide bonds. The van der Waals surface area contributed by atoms with Crippen LogP contribution in [0.25, 0.3) is 0 Å². The monoisotopic (exact) mass is 548 g/mol. The molecule has 4 aliphatic rings. The fourth-order valence-electron chi connectivity index (χ4n) is 6.59. The van der Waals surface area contributed by atoms with Crippen LogP contribution >= 0.6 is 0 Å². The summed E-state index contributed by atoms with van der Waals surface area (Å²) in [5, 5.41) is 48.5. The molecular formula is C24H48N6O8. The van der Waals surface area contributed by atoms with Gasteiger partial charge >= 0.3 is 0 Å². The molecule has 4 rings (SSSR count). The van der Waals surface area contributed by atoms with Gasteiger partial charge in [-0.1, -0.05) is 0 Å². The summed E-state index contributed by atoms with van der Waals surface area (Å²) in [7, 11) is 1.73. The number of ether oxygens (including phenoxy) is 4.